The van der Waals surface area contributed by atoms with Gasteiger partial charge in [-0.05, 0) is 38.5 Å². The molecule has 0 atom stereocenters. The van der Waals surface area contributed by atoms with Crippen LogP contribution >= 0.6 is 0 Å². The van der Waals surface area contributed by atoms with Gasteiger partial charge in [0.1, 0.15) is 0 Å². The van der Waals surface area contributed by atoms with Crippen molar-refractivity contribution in [3.63, 3.8) is 0 Å². The summed E-state index contributed by atoms with van der Waals surface area (Å²) in [6.07, 6.45) is -4.31. The maximum absolute atomic E-state index is 12.4. The van der Waals surface area contributed by atoms with E-state index >= 15 is 0 Å². The van der Waals surface area contributed by atoms with Crippen LogP contribution in [-0.4, -0.2) is 5.54 Å². The number of benzene rings is 1. The maximum Gasteiger partial charge on any atom is 0.416 e. The van der Waals surface area contributed by atoms with Crippen LogP contribution < -0.4 is 5.48 Å². The van der Waals surface area contributed by atoms with Crippen molar-refractivity contribution in [2.75, 3.05) is 0 Å². The molecule has 0 unspecified atom stereocenters. The summed E-state index contributed by atoms with van der Waals surface area (Å²) >= 11 is 0. The number of halogens is 3. The van der Waals surface area contributed by atoms with Crippen LogP contribution in [0.3, 0.4) is 0 Å². The first-order valence-electron chi connectivity index (χ1n) is 5.23. The molecule has 0 aliphatic carbocycles. The first-order valence-corrected chi connectivity index (χ1v) is 5.23. The van der Waals surface area contributed by atoms with Crippen LogP contribution in [0, 0.1) is 0 Å². The lowest BCUT2D eigenvalue weighted by Gasteiger charge is -2.20. The van der Waals surface area contributed by atoms with Gasteiger partial charge in [-0.1, -0.05) is 12.1 Å². The van der Waals surface area contributed by atoms with Gasteiger partial charge in [-0.3, -0.25) is 4.84 Å². The van der Waals surface area contributed by atoms with E-state index in [0.717, 1.165) is 12.1 Å². The molecule has 0 amide bonds. The Hall–Kier alpha value is -1.07. The van der Waals surface area contributed by atoms with Crippen molar-refractivity contribution < 1.29 is 18.0 Å². The van der Waals surface area contributed by atoms with Crippen molar-refractivity contribution in [3.8, 4) is 0 Å². The number of nitrogens with one attached hydrogen (secondary N) is 1. The van der Waals surface area contributed by atoms with Gasteiger partial charge in [0.25, 0.3) is 0 Å². The van der Waals surface area contributed by atoms with Crippen molar-refractivity contribution in [3.05, 3.63) is 35.4 Å². The fourth-order valence-corrected chi connectivity index (χ4v) is 1.17. The average Bonchev–Trinajstić information content (AvgIpc) is 2.15. The summed E-state index contributed by atoms with van der Waals surface area (Å²) in [5.74, 6) is 0. The Morgan fingerprint density at radius 1 is 1.18 bits per heavy atom. The lowest BCUT2D eigenvalue weighted by Crippen LogP contribution is -2.35. The third-order valence-corrected chi connectivity index (χ3v) is 1.87. The van der Waals surface area contributed by atoms with E-state index in [9.17, 15) is 13.2 Å². The molecule has 17 heavy (non-hydrogen) atoms. The second-order valence-electron chi connectivity index (χ2n) is 4.84. The van der Waals surface area contributed by atoms with E-state index in [2.05, 4.69) is 5.48 Å². The maximum atomic E-state index is 12.4. The van der Waals surface area contributed by atoms with Gasteiger partial charge >= 0.3 is 6.18 Å². The zero-order valence-corrected chi connectivity index (χ0v) is 10.1. The van der Waals surface area contributed by atoms with Crippen LogP contribution in [0.15, 0.2) is 24.3 Å². The number of rotatable bonds is 3. The highest BCUT2D eigenvalue weighted by Gasteiger charge is 2.30. The van der Waals surface area contributed by atoms with Crippen LogP contribution in [0.4, 0.5) is 13.2 Å². The molecule has 0 aromatic heterocycles. The summed E-state index contributed by atoms with van der Waals surface area (Å²) in [5.41, 5.74) is 2.34. The molecule has 96 valence electrons. The molecule has 0 saturated carbocycles. The van der Waals surface area contributed by atoms with E-state index in [4.69, 9.17) is 4.84 Å². The van der Waals surface area contributed by atoms with E-state index in [1.165, 1.54) is 6.07 Å². The summed E-state index contributed by atoms with van der Waals surface area (Å²) < 4.78 is 37.3. The zero-order chi connectivity index (χ0) is 13.1. The molecule has 5 heteroatoms. The van der Waals surface area contributed by atoms with E-state index in [-0.39, 0.29) is 12.1 Å². The fourth-order valence-electron chi connectivity index (χ4n) is 1.17. The molecule has 0 spiro atoms. The third-order valence-electron chi connectivity index (χ3n) is 1.87. The number of alkyl halides is 3. The molecule has 0 aliphatic heterocycles. The predicted molar refractivity (Wildman–Crippen MR) is 59.1 cm³/mol. The second-order valence-corrected chi connectivity index (χ2v) is 4.84. The van der Waals surface area contributed by atoms with Crippen molar-refractivity contribution in [1.82, 2.24) is 5.48 Å². The molecule has 1 aromatic rings. The van der Waals surface area contributed by atoms with Crippen LogP contribution in [0.5, 0.6) is 0 Å². The molecule has 0 saturated heterocycles. The Kier molecular flexibility index (Phi) is 4.16. The minimum Gasteiger partial charge on any atom is -0.297 e. The van der Waals surface area contributed by atoms with Gasteiger partial charge in [0.05, 0.1) is 12.2 Å². The largest absolute Gasteiger partial charge is 0.416 e. The van der Waals surface area contributed by atoms with Gasteiger partial charge in [-0.2, -0.15) is 18.7 Å². The highest BCUT2D eigenvalue weighted by atomic mass is 19.4. The quantitative estimate of drug-likeness (QED) is 0.825. The summed E-state index contributed by atoms with van der Waals surface area (Å²) in [4.78, 5) is 5.13. The van der Waals surface area contributed by atoms with E-state index < -0.39 is 11.7 Å². The van der Waals surface area contributed by atoms with Gasteiger partial charge in [-0.25, -0.2) is 0 Å². The van der Waals surface area contributed by atoms with E-state index in [0.29, 0.717) is 5.56 Å². The molecule has 0 heterocycles. The number of hydrogen-bond acceptors (Lipinski definition) is 2. The Bertz CT molecular complexity index is 369. The molecule has 1 aromatic carbocycles. The van der Waals surface area contributed by atoms with Gasteiger partial charge in [-0.15, -0.1) is 0 Å². The smallest absolute Gasteiger partial charge is 0.297 e. The van der Waals surface area contributed by atoms with E-state index in [1.54, 1.807) is 6.07 Å². The zero-order valence-electron chi connectivity index (χ0n) is 10.1. The molecule has 0 radical (unpaired) electrons. The molecule has 0 fully saturated rings. The first-order chi connectivity index (χ1) is 7.68. The summed E-state index contributed by atoms with van der Waals surface area (Å²) in [6, 6.07) is 5.10. The molecule has 1 rings (SSSR count). The SMILES string of the molecule is CC(C)(C)NOCc1cccc(C(F)(F)F)c1. The lowest BCUT2D eigenvalue weighted by atomic mass is 10.1. The van der Waals surface area contributed by atoms with Crippen LogP contribution in [0.2, 0.25) is 0 Å². The third kappa shape index (κ3) is 5.19. The minimum atomic E-state index is -4.31. The molecule has 0 aliphatic rings. The normalized spacial score (nSPS) is 12.8. The van der Waals surface area contributed by atoms with Gasteiger partial charge < -0.3 is 0 Å². The fraction of sp³-hybridized carbons (Fsp3) is 0.500. The summed E-state index contributed by atoms with van der Waals surface area (Å²) in [6.45, 7) is 5.80. The highest BCUT2D eigenvalue weighted by molar-refractivity contribution is 5.25. The number of hydrogen-bond donors (Lipinski definition) is 1. The first kappa shape index (κ1) is 14.0. The molecule has 1 N–H and O–H groups in total. The van der Waals surface area contributed by atoms with Crippen molar-refractivity contribution >= 4 is 0 Å². The Morgan fingerprint density at radius 3 is 2.35 bits per heavy atom. The van der Waals surface area contributed by atoms with Crippen LogP contribution in [-0.2, 0) is 17.6 Å². The predicted octanol–water partition coefficient (Wildman–Crippen LogP) is 3.53. The Balaban J connectivity index is 2.61. The average molecular weight is 247 g/mol. The van der Waals surface area contributed by atoms with Crippen LogP contribution in [0.1, 0.15) is 31.9 Å². The lowest BCUT2D eigenvalue weighted by molar-refractivity contribution is -0.137. The second kappa shape index (κ2) is 5.06. The number of hydroxylamine groups is 1. The molecular formula is C12H16F3NO. The standard InChI is InChI=1S/C12H16F3NO/c1-11(2,3)16-17-8-9-5-4-6-10(7-9)12(13,14)15/h4-7,16H,8H2,1-3H3. The highest BCUT2D eigenvalue weighted by Crippen LogP contribution is 2.29. The van der Waals surface area contributed by atoms with Gasteiger partial charge in [0, 0.05) is 5.54 Å². The molecule has 2 nitrogen and oxygen atoms in total. The van der Waals surface area contributed by atoms with Crippen molar-refractivity contribution in [2.24, 2.45) is 0 Å². The van der Waals surface area contributed by atoms with Gasteiger partial charge in [0.15, 0.2) is 0 Å². The van der Waals surface area contributed by atoms with Gasteiger partial charge in [0.2, 0.25) is 0 Å². The minimum absolute atomic E-state index is 0.0984. The summed E-state index contributed by atoms with van der Waals surface area (Å²) in [5, 5.41) is 0. The van der Waals surface area contributed by atoms with Crippen molar-refractivity contribution in [2.45, 2.75) is 39.1 Å². The van der Waals surface area contributed by atoms with E-state index in [1.807, 2.05) is 20.8 Å². The molecule has 0 bridgehead atoms. The monoisotopic (exact) mass is 247 g/mol. The Labute approximate surface area is 98.7 Å². The Morgan fingerprint density at radius 2 is 1.82 bits per heavy atom. The summed E-state index contributed by atoms with van der Waals surface area (Å²) in [7, 11) is 0. The molecular weight excluding hydrogens is 231 g/mol. The van der Waals surface area contributed by atoms with Crippen LogP contribution in [0.25, 0.3) is 0 Å². The topological polar surface area (TPSA) is 21.3 Å². The van der Waals surface area contributed by atoms with Crippen molar-refractivity contribution in [1.29, 1.82) is 0 Å².